The summed E-state index contributed by atoms with van der Waals surface area (Å²) in [7, 11) is 0. The number of anilines is 1. The number of nitro benzene ring substituents is 1. The van der Waals surface area contributed by atoms with Gasteiger partial charge in [-0.2, -0.15) is 4.57 Å². The topological polar surface area (TPSA) is 124 Å². The highest BCUT2D eigenvalue weighted by Crippen LogP contribution is 2.23. The quantitative estimate of drug-likeness (QED) is 0.108. The van der Waals surface area contributed by atoms with Gasteiger partial charge in [0.2, 0.25) is 11.6 Å². The highest BCUT2D eigenvalue weighted by molar-refractivity contribution is 7.81. The number of nitrogens with one attached hydrogen (secondary N) is 2. The van der Waals surface area contributed by atoms with Crippen LogP contribution in [0.3, 0.4) is 0 Å². The van der Waals surface area contributed by atoms with Crippen molar-refractivity contribution >= 4 is 52.3 Å². The smallest absolute Gasteiger partial charge is 0.284 e. The van der Waals surface area contributed by atoms with Crippen LogP contribution in [0.5, 0.6) is 0 Å². The van der Waals surface area contributed by atoms with E-state index in [0.29, 0.717) is 17.1 Å². The number of aromatic amines is 1. The average Bonchev–Trinajstić information content (AvgIpc) is 3.26. The Morgan fingerprint density at radius 2 is 1.82 bits per heavy atom. The normalized spacial score (nSPS) is 11.5. The molecule has 0 saturated heterocycles. The lowest BCUT2D eigenvalue weighted by Crippen LogP contribution is -2.39. The largest absolute Gasteiger partial charge is 0.867 e. The molecule has 0 aliphatic rings. The molecule has 0 amide bonds. The lowest BCUT2D eigenvalue weighted by molar-refractivity contribution is -0.577. The van der Waals surface area contributed by atoms with Crippen LogP contribution in [0.2, 0.25) is 0 Å². The lowest BCUT2D eigenvalue weighted by atomic mass is 10.1. The molecule has 0 unspecified atom stereocenters. The predicted molar refractivity (Wildman–Crippen MR) is 126 cm³/mol. The van der Waals surface area contributed by atoms with E-state index < -0.39 is 10.7 Å². The zero-order valence-electron chi connectivity index (χ0n) is 16.8. The first kappa shape index (κ1) is 22.0. The van der Waals surface area contributed by atoms with Crippen LogP contribution in [0.1, 0.15) is 5.56 Å². The molecule has 0 bridgehead atoms. The molecule has 9 nitrogen and oxygen atoms in total. The Hall–Kier alpha value is -4.22. The minimum atomic E-state index is -0.523. The third-order valence-corrected chi connectivity index (χ3v) is 5.02. The van der Waals surface area contributed by atoms with Crippen LogP contribution in [0, 0.1) is 15.0 Å². The first-order valence-corrected chi connectivity index (χ1v) is 10.3. The molecule has 2 aromatic carbocycles. The predicted octanol–water partition coefficient (Wildman–Crippen LogP) is 3.72. The summed E-state index contributed by atoms with van der Waals surface area (Å²) in [4.78, 5) is 10.7. The molecule has 164 valence electrons. The average molecular weight is 478 g/mol. The number of thiocarbonyl (C=S) groups is 1. The van der Waals surface area contributed by atoms with Crippen molar-refractivity contribution in [2.24, 2.45) is 0 Å². The highest BCUT2D eigenvalue weighted by Gasteiger charge is 2.19. The standard InChI is InChI=1S/C22H15N5O4S2/c28-19(14-7-9-17(10-8-14)27(29)30)18(26-11-2-1-3-12-26)21(32)23-16-6-4-5-15(13-16)20-24-25-22(33)31-20/h1-13H,(H2-,23,25,28,32,33). The number of rotatable bonds is 6. The van der Waals surface area contributed by atoms with Gasteiger partial charge < -0.3 is 14.8 Å². The SMILES string of the molecule is O=[N+]([O-])c1ccc(/C([O-])=C(/C(=S)Nc2cccc(-c3n[nH]c(=S)o3)c2)[n+]2ccccc2)cc1. The van der Waals surface area contributed by atoms with E-state index in [0.717, 1.165) is 0 Å². The van der Waals surface area contributed by atoms with E-state index in [-0.39, 0.29) is 26.8 Å². The Balaban J connectivity index is 1.71. The van der Waals surface area contributed by atoms with E-state index >= 15 is 0 Å². The fourth-order valence-corrected chi connectivity index (χ4v) is 3.47. The third-order valence-electron chi connectivity index (χ3n) is 4.55. The molecule has 0 atom stereocenters. The fourth-order valence-electron chi connectivity index (χ4n) is 3.03. The maximum atomic E-state index is 13.4. The van der Waals surface area contributed by atoms with Gasteiger partial charge in [-0.25, -0.2) is 5.10 Å². The molecule has 0 aliphatic heterocycles. The van der Waals surface area contributed by atoms with E-state index in [4.69, 9.17) is 28.9 Å². The molecule has 4 rings (SSSR count). The molecule has 0 aliphatic carbocycles. The maximum Gasteiger partial charge on any atom is 0.284 e. The van der Waals surface area contributed by atoms with Gasteiger partial charge in [-0.1, -0.05) is 24.4 Å². The van der Waals surface area contributed by atoms with Gasteiger partial charge in [0.1, 0.15) is 0 Å². The van der Waals surface area contributed by atoms with E-state index in [9.17, 15) is 15.2 Å². The number of hydrogen-bond acceptors (Lipinski definition) is 7. The minimum Gasteiger partial charge on any atom is -0.867 e. The van der Waals surface area contributed by atoms with Crippen molar-refractivity contribution in [1.82, 2.24) is 10.2 Å². The lowest BCUT2D eigenvalue weighted by Gasteiger charge is -2.17. The number of H-pyrrole nitrogens is 1. The van der Waals surface area contributed by atoms with Crippen molar-refractivity contribution < 1.29 is 19.0 Å². The maximum absolute atomic E-state index is 13.4. The summed E-state index contributed by atoms with van der Waals surface area (Å²) in [5, 5.41) is 33.9. The van der Waals surface area contributed by atoms with Crippen molar-refractivity contribution in [2.75, 3.05) is 5.32 Å². The molecule has 0 fully saturated rings. The molecule has 4 aromatic rings. The Morgan fingerprint density at radius 3 is 2.45 bits per heavy atom. The Kier molecular flexibility index (Phi) is 6.33. The van der Waals surface area contributed by atoms with Gasteiger partial charge in [0.05, 0.1) is 4.92 Å². The number of hydrogen-bond donors (Lipinski definition) is 2. The molecule has 2 aromatic heterocycles. The number of non-ortho nitro benzene ring substituents is 1. The molecule has 11 heteroatoms. The van der Waals surface area contributed by atoms with E-state index in [1.165, 1.54) is 24.3 Å². The van der Waals surface area contributed by atoms with E-state index in [1.807, 2.05) is 6.07 Å². The molecular formula is C22H15N5O4S2. The third kappa shape index (κ3) is 5.00. The number of nitro groups is 1. The number of pyridine rings is 1. The Bertz CT molecular complexity index is 1410. The van der Waals surface area contributed by atoms with Crippen LogP contribution in [0.4, 0.5) is 11.4 Å². The summed E-state index contributed by atoms with van der Waals surface area (Å²) in [6, 6.07) is 17.8. The van der Waals surface area contributed by atoms with Gasteiger partial charge >= 0.3 is 0 Å². The number of benzene rings is 2. The number of nitrogens with zero attached hydrogens (tertiary/aromatic N) is 3. The van der Waals surface area contributed by atoms with Gasteiger partial charge in [0, 0.05) is 35.5 Å². The van der Waals surface area contributed by atoms with Crippen LogP contribution in [0.25, 0.3) is 22.9 Å². The van der Waals surface area contributed by atoms with Crippen molar-refractivity contribution in [3.05, 3.63) is 99.6 Å². The summed E-state index contributed by atoms with van der Waals surface area (Å²) in [5.41, 5.74) is 1.60. The van der Waals surface area contributed by atoms with Gasteiger partial charge in [-0.15, -0.1) is 5.10 Å². The molecule has 0 spiro atoms. The first-order chi connectivity index (χ1) is 15.9. The van der Waals surface area contributed by atoms with Gasteiger partial charge in [0.25, 0.3) is 10.5 Å². The van der Waals surface area contributed by atoms with Crippen LogP contribution in [-0.2, 0) is 0 Å². The van der Waals surface area contributed by atoms with Crippen molar-refractivity contribution in [3.8, 4) is 11.5 Å². The summed E-state index contributed by atoms with van der Waals surface area (Å²) in [5.74, 6) is -0.0778. The van der Waals surface area contributed by atoms with E-state index in [2.05, 4.69) is 15.5 Å². The summed E-state index contributed by atoms with van der Waals surface area (Å²) in [6.07, 6.45) is 3.38. The van der Waals surface area contributed by atoms with Crippen LogP contribution in [0.15, 0.2) is 83.5 Å². The van der Waals surface area contributed by atoms with E-state index in [1.54, 1.807) is 53.4 Å². The molecular weight excluding hydrogens is 462 g/mol. The van der Waals surface area contributed by atoms with Crippen molar-refractivity contribution in [1.29, 1.82) is 0 Å². The Morgan fingerprint density at radius 1 is 1.09 bits per heavy atom. The fraction of sp³-hybridized carbons (Fsp3) is 0. The second-order valence-electron chi connectivity index (χ2n) is 6.72. The van der Waals surface area contributed by atoms with Crippen molar-refractivity contribution in [2.45, 2.75) is 0 Å². The summed E-state index contributed by atoms with van der Waals surface area (Å²) < 4.78 is 6.94. The molecule has 2 N–H and O–H groups in total. The molecule has 33 heavy (non-hydrogen) atoms. The highest BCUT2D eigenvalue weighted by atomic mass is 32.1. The van der Waals surface area contributed by atoms with Crippen LogP contribution in [-0.4, -0.2) is 20.1 Å². The zero-order valence-corrected chi connectivity index (χ0v) is 18.4. The van der Waals surface area contributed by atoms with Gasteiger partial charge in [0.15, 0.2) is 17.4 Å². The Labute approximate surface area is 197 Å². The minimum absolute atomic E-state index is 0.107. The number of aromatic nitrogens is 3. The van der Waals surface area contributed by atoms with Gasteiger partial charge in [-0.3, -0.25) is 10.1 Å². The van der Waals surface area contributed by atoms with Crippen molar-refractivity contribution in [3.63, 3.8) is 0 Å². The summed E-state index contributed by atoms with van der Waals surface area (Å²) in [6.45, 7) is 0. The molecule has 0 saturated carbocycles. The van der Waals surface area contributed by atoms with Crippen LogP contribution < -0.4 is 15.0 Å². The molecule has 2 heterocycles. The first-order valence-electron chi connectivity index (χ1n) is 9.52. The summed E-state index contributed by atoms with van der Waals surface area (Å²) >= 11 is 10.5. The second kappa shape index (κ2) is 9.51. The van der Waals surface area contributed by atoms with Gasteiger partial charge in [-0.05, 0) is 53.9 Å². The monoisotopic (exact) mass is 477 g/mol. The zero-order chi connectivity index (χ0) is 23.4. The van der Waals surface area contributed by atoms with Crippen LogP contribution >= 0.6 is 24.4 Å². The second-order valence-corrected chi connectivity index (χ2v) is 7.50. The molecule has 0 radical (unpaired) electrons.